The van der Waals surface area contributed by atoms with Crippen molar-refractivity contribution >= 4 is 0 Å². The van der Waals surface area contributed by atoms with Gasteiger partial charge in [-0.3, -0.25) is 0 Å². The third-order valence-corrected chi connectivity index (χ3v) is 2.14. The molecule has 0 bridgehead atoms. The molecule has 13 heavy (non-hydrogen) atoms. The SMILES string of the molecule is Cc1cc(F)c(C)c(C(C)N)c1F. The summed E-state index contributed by atoms with van der Waals surface area (Å²) in [7, 11) is 0. The van der Waals surface area contributed by atoms with E-state index in [9.17, 15) is 8.78 Å². The van der Waals surface area contributed by atoms with Crippen LogP contribution in [0.25, 0.3) is 0 Å². The third-order valence-electron chi connectivity index (χ3n) is 2.14. The van der Waals surface area contributed by atoms with Crippen LogP contribution in [-0.4, -0.2) is 0 Å². The molecule has 0 radical (unpaired) electrons. The van der Waals surface area contributed by atoms with Gasteiger partial charge in [0.2, 0.25) is 0 Å². The highest BCUT2D eigenvalue weighted by Gasteiger charge is 2.15. The maximum absolute atomic E-state index is 13.4. The van der Waals surface area contributed by atoms with Crippen molar-refractivity contribution in [1.29, 1.82) is 0 Å². The Balaban J connectivity index is 3.46. The Morgan fingerprint density at radius 2 is 1.85 bits per heavy atom. The number of benzene rings is 1. The van der Waals surface area contributed by atoms with Crippen LogP contribution < -0.4 is 5.73 Å². The molecule has 1 aromatic rings. The number of rotatable bonds is 1. The van der Waals surface area contributed by atoms with E-state index < -0.39 is 17.7 Å². The second kappa shape index (κ2) is 3.42. The molecule has 72 valence electrons. The van der Waals surface area contributed by atoms with Gasteiger partial charge in [-0.1, -0.05) is 0 Å². The highest BCUT2D eigenvalue weighted by Crippen LogP contribution is 2.24. The average molecular weight is 185 g/mol. The fraction of sp³-hybridized carbons (Fsp3) is 0.400. The molecule has 1 atom stereocenters. The first-order chi connectivity index (χ1) is 5.95. The van der Waals surface area contributed by atoms with E-state index in [-0.39, 0.29) is 5.56 Å². The Hall–Kier alpha value is -0.960. The molecular weight excluding hydrogens is 172 g/mol. The molecule has 1 unspecified atom stereocenters. The maximum atomic E-state index is 13.4. The minimum absolute atomic E-state index is 0.275. The molecule has 0 aliphatic heterocycles. The van der Waals surface area contributed by atoms with Crippen molar-refractivity contribution in [2.24, 2.45) is 5.73 Å². The van der Waals surface area contributed by atoms with Gasteiger partial charge < -0.3 is 5.73 Å². The van der Waals surface area contributed by atoms with E-state index in [1.54, 1.807) is 6.92 Å². The largest absolute Gasteiger partial charge is 0.324 e. The molecule has 0 amide bonds. The Kier molecular flexibility index (Phi) is 2.66. The molecule has 1 nitrogen and oxygen atoms in total. The molecule has 0 fully saturated rings. The van der Waals surface area contributed by atoms with Crippen LogP contribution in [0, 0.1) is 25.5 Å². The van der Waals surface area contributed by atoms with Crippen molar-refractivity contribution < 1.29 is 8.78 Å². The fourth-order valence-electron chi connectivity index (χ4n) is 1.41. The van der Waals surface area contributed by atoms with Crippen LogP contribution in [0.5, 0.6) is 0 Å². The zero-order valence-electron chi connectivity index (χ0n) is 7.99. The molecule has 1 aromatic carbocycles. The molecule has 0 aliphatic carbocycles. The van der Waals surface area contributed by atoms with E-state index in [0.717, 1.165) is 0 Å². The summed E-state index contributed by atoms with van der Waals surface area (Å²) in [5.74, 6) is -0.792. The van der Waals surface area contributed by atoms with Gasteiger partial charge >= 0.3 is 0 Å². The fourth-order valence-corrected chi connectivity index (χ4v) is 1.41. The van der Waals surface area contributed by atoms with Gasteiger partial charge in [-0.2, -0.15) is 0 Å². The van der Waals surface area contributed by atoms with Crippen LogP contribution in [0.2, 0.25) is 0 Å². The second-order valence-corrected chi connectivity index (χ2v) is 3.32. The smallest absolute Gasteiger partial charge is 0.131 e. The minimum Gasteiger partial charge on any atom is -0.324 e. The zero-order valence-corrected chi connectivity index (χ0v) is 7.99. The van der Waals surface area contributed by atoms with Gasteiger partial charge in [0.05, 0.1) is 0 Å². The van der Waals surface area contributed by atoms with Crippen molar-refractivity contribution in [2.45, 2.75) is 26.8 Å². The Morgan fingerprint density at radius 1 is 1.31 bits per heavy atom. The molecule has 1 rings (SSSR count). The van der Waals surface area contributed by atoms with Crippen molar-refractivity contribution in [2.75, 3.05) is 0 Å². The predicted molar refractivity (Wildman–Crippen MR) is 48.4 cm³/mol. The highest BCUT2D eigenvalue weighted by atomic mass is 19.1. The lowest BCUT2D eigenvalue weighted by molar-refractivity contribution is 0.556. The van der Waals surface area contributed by atoms with Gasteiger partial charge in [0.25, 0.3) is 0 Å². The number of nitrogens with two attached hydrogens (primary N) is 1. The third kappa shape index (κ3) is 1.70. The number of hydrogen-bond acceptors (Lipinski definition) is 1. The van der Waals surface area contributed by atoms with Crippen LogP contribution in [0.4, 0.5) is 8.78 Å². The van der Waals surface area contributed by atoms with Crippen LogP contribution >= 0.6 is 0 Å². The first kappa shape index (κ1) is 10.1. The molecular formula is C10H13F2N. The van der Waals surface area contributed by atoms with Crippen LogP contribution in [0.1, 0.15) is 29.7 Å². The molecule has 0 spiro atoms. The Labute approximate surface area is 76.6 Å². The summed E-state index contributed by atoms with van der Waals surface area (Å²) in [6.07, 6.45) is 0. The molecule has 0 saturated heterocycles. The van der Waals surface area contributed by atoms with Crippen molar-refractivity contribution in [3.8, 4) is 0 Å². The van der Waals surface area contributed by atoms with Crippen LogP contribution in [-0.2, 0) is 0 Å². The molecule has 0 heterocycles. The van der Waals surface area contributed by atoms with E-state index in [4.69, 9.17) is 5.73 Å². The number of halogens is 2. The van der Waals surface area contributed by atoms with E-state index in [1.807, 2.05) is 0 Å². The van der Waals surface area contributed by atoms with Gasteiger partial charge in [0.1, 0.15) is 11.6 Å². The molecule has 3 heteroatoms. The van der Waals surface area contributed by atoms with Crippen molar-refractivity contribution in [1.82, 2.24) is 0 Å². The standard InChI is InChI=1S/C10H13F2N/c1-5-4-8(11)6(2)9(7(3)13)10(5)12/h4,7H,13H2,1-3H3. The summed E-state index contributed by atoms with van der Waals surface area (Å²) < 4.78 is 26.6. The van der Waals surface area contributed by atoms with Gasteiger partial charge in [-0.05, 0) is 38.0 Å². The summed E-state index contributed by atoms with van der Waals surface area (Å²) in [6.45, 7) is 4.71. The molecule has 2 N–H and O–H groups in total. The maximum Gasteiger partial charge on any atom is 0.131 e. The van der Waals surface area contributed by atoms with Gasteiger partial charge in [-0.25, -0.2) is 8.78 Å². The molecule has 0 aromatic heterocycles. The summed E-state index contributed by atoms with van der Waals surface area (Å²) in [4.78, 5) is 0. The van der Waals surface area contributed by atoms with Crippen LogP contribution in [0.3, 0.4) is 0 Å². The summed E-state index contributed by atoms with van der Waals surface area (Å²) in [5.41, 5.74) is 6.43. The van der Waals surface area contributed by atoms with Gasteiger partial charge in [-0.15, -0.1) is 0 Å². The topological polar surface area (TPSA) is 26.0 Å². The van der Waals surface area contributed by atoms with E-state index in [0.29, 0.717) is 11.1 Å². The first-order valence-electron chi connectivity index (χ1n) is 4.15. The van der Waals surface area contributed by atoms with Crippen LogP contribution in [0.15, 0.2) is 6.07 Å². The lowest BCUT2D eigenvalue weighted by Crippen LogP contribution is -2.12. The van der Waals surface area contributed by atoms with E-state index in [2.05, 4.69) is 0 Å². The summed E-state index contributed by atoms with van der Waals surface area (Å²) >= 11 is 0. The number of hydrogen-bond donors (Lipinski definition) is 1. The molecule has 0 saturated carbocycles. The normalized spacial score (nSPS) is 13.1. The quantitative estimate of drug-likeness (QED) is 0.715. The highest BCUT2D eigenvalue weighted by molar-refractivity contribution is 5.35. The zero-order chi connectivity index (χ0) is 10.2. The van der Waals surface area contributed by atoms with Gasteiger partial charge in [0, 0.05) is 11.6 Å². The number of aryl methyl sites for hydroxylation is 1. The van der Waals surface area contributed by atoms with Crippen molar-refractivity contribution in [3.05, 3.63) is 34.4 Å². The minimum atomic E-state index is -0.477. The lowest BCUT2D eigenvalue weighted by atomic mass is 9.99. The lowest BCUT2D eigenvalue weighted by Gasteiger charge is -2.13. The average Bonchev–Trinajstić information content (AvgIpc) is 2.01. The van der Waals surface area contributed by atoms with E-state index >= 15 is 0 Å². The van der Waals surface area contributed by atoms with Gasteiger partial charge in [0.15, 0.2) is 0 Å². The predicted octanol–water partition coefficient (Wildman–Crippen LogP) is 2.60. The Morgan fingerprint density at radius 3 is 2.31 bits per heavy atom. The molecule has 0 aliphatic rings. The summed E-state index contributed by atoms with van der Waals surface area (Å²) in [5, 5.41) is 0. The summed E-state index contributed by atoms with van der Waals surface area (Å²) in [6, 6.07) is 0.714. The second-order valence-electron chi connectivity index (χ2n) is 3.32. The Bertz CT molecular complexity index is 306. The van der Waals surface area contributed by atoms with Crippen molar-refractivity contribution in [3.63, 3.8) is 0 Å². The van der Waals surface area contributed by atoms with E-state index in [1.165, 1.54) is 19.9 Å². The monoisotopic (exact) mass is 185 g/mol. The first-order valence-corrected chi connectivity index (χ1v) is 4.15.